The van der Waals surface area contributed by atoms with Gasteiger partial charge in [0.1, 0.15) is 11.6 Å². The Hall–Kier alpha value is -1.56. The zero-order valence-electron chi connectivity index (χ0n) is 8.37. The van der Waals surface area contributed by atoms with E-state index in [1.54, 1.807) is 4.57 Å². The summed E-state index contributed by atoms with van der Waals surface area (Å²) in [5.41, 5.74) is 1.93. The van der Waals surface area contributed by atoms with Crippen molar-refractivity contribution < 1.29 is 0 Å². The van der Waals surface area contributed by atoms with Gasteiger partial charge in [-0.25, -0.2) is 0 Å². The monoisotopic (exact) mass is 188 g/mol. The standard InChI is InChI=1S/C11H12N2O/c1-7-5-8(2)13(9-3-4-9)11(14)10(7)6-12/h5,9H,3-4H2,1-2H3. The highest BCUT2D eigenvalue weighted by Crippen LogP contribution is 2.34. The maximum atomic E-state index is 11.9. The van der Waals surface area contributed by atoms with E-state index in [2.05, 4.69) is 0 Å². The van der Waals surface area contributed by atoms with Crippen LogP contribution in [0.4, 0.5) is 0 Å². The van der Waals surface area contributed by atoms with Gasteiger partial charge < -0.3 is 4.57 Å². The van der Waals surface area contributed by atoms with E-state index < -0.39 is 0 Å². The summed E-state index contributed by atoms with van der Waals surface area (Å²) in [7, 11) is 0. The number of nitriles is 1. The number of aromatic nitrogens is 1. The third-order valence-corrected chi connectivity index (χ3v) is 2.66. The fraction of sp³-hybridized carbons (Fsp3) is 0.455. The van der Waals surface area contributed by atoms with Crippen molar-refractivity contribution in [3.8, 4) is 6.07 Å². The average Bonchev–Trinajstić information content (AvgIpc) is 2.88. The summed E-state index contributed by atoms with van der Waals surface area (Å²) in [5.74, 6) is 0. The van der Waals surface area contributed by atoms with Gasteiger partial charge in [0.15, 0.2) is 0 Å². The van der Waals surface area contributed by atoms with Crippen molar-refractivity contribution >= 4 is 0 Å². The minimum atomic E-state index is -0.118. The van der Waals surface area contributed by atoms with E-state index >= 15 is 0 Å². The maximum absolute atomic E-state index is 11.9. The second-order valence-corrected chi connectivity index (χ2v) is 3.86. The van der Waals surface area contributed by atoms with Crippen LogP contribution in [0.3, 0.4) is 0 Å². The lowest BCUT2D eigenvalue weighted by molar-refractivity contribution is 0.677. The van der Waals surface area contributed by atoms with Crippen LogP contribution in [-0.2, 0) is 0 Å². The van der Waals surface area contributed by atoms with Gasteiger partial charge in [0.2, 0.25) is 0 Å². The Labute approximate surface area is 82.6 Å². The van der Waals surface area contributed by atoms with Crippen LogP contribution in [0.1, 0.15) is 35.7 Å². The van der Waals surface area contributed by atoms with E-state index in [-0.39, 0.29) is 5.56 Å². The van der Waals surface area contributed by atoms with E-state index in [4.69, 9.17) is 5.26 Å². The molecule has 14 heavy (non-hydrogen) atoms. The molecule has 0 N–H and O–H groups in total. The quantitative estimate of drug-likeness (QED) is 0.673. The van der Waals surface area contributed by atoms with Crippen LogP contribution in [0.15, 0.2) is 10.9 Å². The van der Waals surface area contributed by atoms with Crippen molar-refractivity contribution in [3.63, 3.8) is 0 Å². The summed E-state index contributed by atoms with van der Waals surface area (Å²) < 4.78 is 1.76. The third kappa shape index (κ3) is 1.24. The molecular weight excluding hydrogens is 176 g/mol. The fourth-order valence-corrected chi connectivity index (χ4v) is 1.83. The molecule has 0 amide bonds. The molecule has 1 aliphatic carbocycles. The Morgan fingerprint density at radius 1 is 1.50 bits per heavy atom. The molecule has 0 saturated heterocycles. The highest BCUT2D eigenvalue weighted by molar-refractivity contribution is 5.36. The van der Waals surface area contributed by atoms with E-state index in [0.29, 0.717) is 11.6 Å². The smallest absolute Gasteiger partial charge is 0.269 e. The lowest BCUT2D eigenvalue weighted by Gasteiger charge is -2.10. The molecule has 2 rings (SSSR count). The second kappa shape index (κ2) is 2.98. The van der Waals surface area contributed by atoms with Crippen LogP contribution in [-0.4, -0.2) is 4.57 Å². The van der Waals surface area contributed by atoms with E-state index in [0.717, 1.165) is 24.1 Å². The molecule has 1 fully saturated rings. The Balaban J connectivity index is 2.72. The zero-order chi connectivity index (χ0) is 10.3. The number of hydrogen-bond acceptors (Lipinski definition) is 2. The molecule has 1 aliphatic rings. The molecule has 1 aromatic heterocycles. The fourth-order valence-electron chi connectivity index (χ4n) is 1.83. The SMILES string of the molecule is Cc1cc(C)n(C2CC2)c(=O)c1C#N. The van der Waals surface area contributed by atoms with Crippen LogP contribution < -0.4 is 5.56 Å². The minimum absolute atomic E-state index is 0.118. The van der Waals surface area contributed by atoms with E-state index in [9.17, 15) is 4.79 Å². The van der Waals surface area contributed by atoms with Crippen molar-refractivity contribution in [2.45, 2.75) is 32.7 Å². The molecule has 0 aromatic carbocycles. The third-order valence-electron chi connectivity index (χ3n) is 2.66. The van der Waals surface area contributed by atoms with Gasteiger partial charge >= 0.3 is 0 Å². The predicted octanol–water partition coefficient (Wildman–Crippen LogP) is 1.67. The summed E-state index contributed by atoms with van der Waals surface area (Å²) in [5, 5.41) is 8.85. The Bertz CT molecular complexity index is 475. The first-order valence-corrected chi connectivity index (χ1v) is 4.78. The summed E-state index contributed by atoms with van der Waals surface area (Å²) in [6, 6.07) is 4.24. The van der Waals surface area contributed by atoms with Gasteiger partial charge in [-0.15, -0.1) is 0 Å². The van der Waals surface area contributed by atoms with Crippen LogP contribution >= 0.6 is 0 Å². The normalized spacial score (nSPS) is 15.2. The zero-order valence-corrected chi connectivity index (χ0v) is 8.37. The number of aryl methyl sites for hydroxylation is 2. The molecule has 1 saturated carbocycles. The van der Waals surface area contributed by atoms with E-state index in [1.807, 2.05) is 26.0 Å². The summed E-state index contributed by atoms with van der Waals surface area (Å²) in [6.07, 6.45) is 2.13. The molecule has 0 radical (unpaired) electrons. The first-order valence-electron chi connectivity index (χ1n) is 4.78. The molecule has 0 bridgehead atoms. The summed E-state index contributed by atoms with van der Waals surface area (Å²) >= 11 is 0. The van der Waals surface area contributed by atoms with Crippen molar-refractivity contribution in [1.82, 2.24) is 4.57 Å². The number of nitrogens with zero attached hydrogens (tertiary/aromatic N) is 2. The molecule has 0 spiro atoms. The van der Waals surface area contributed by atoms with Gasteiger partial charge in [-0.2, -0.15) is 5.26 Å². The molecule has 3 heteroatoms. The number of pyridine rings is 1. The molecule has 1 aromatic rings. The van der Waals surface area contributed by atoms with Crippen LogP contribution in [0.2, 0.25) is 0 Å². The van der Waals surface area contributed by atoms with Crippen molar-refractivity contribution in [3.05, 3.63) is 33.2 Å². The van der Waals surface area contributed by atoms with Crippen LogP contribution in [0, 0.1) is 25.2 Å². The average molecular weight is 188 g/mol. The summed E-state index contributed by atoms with van der Waals surface area (Å²) in [4.78, 5) is 11.9. The van der Waals surface area contributed by atoms with Gasteiger partial charge in [-0.05, 0) is 38.3 Å². The summed E-state index contributed by atoms with van der Waals surface area (Å²) in [6.45, 7) is 3.73. The Morgan fingerprint density at radius 3 is 2.64 bits per heavy atom. The van der Waals surface area contributed by atoms with Crippen molar-refractivity contribution in [1.29, 1.82) is 5.26 Å². The van der Waals surface area contributed by atoms with Crippen LogP contribution in [0.25, 0.3) is 0 Å². The number of rotatable bonds is 1. The van der Waals surface area contributed by atoms with Crippen LogP contribution in [0.5, 0.6) is 0 Å². The molecule has 0 unspecified atom stereocenters. The topological polar surface area (TPSA) is 45.8 Å². The van der Waals surface area contributed by atoms with Gasteiger partial charge in [0, 0.05) is 11.7 Å². The van der Waals surface area contributed by atoms with Gasteiger partial charge in [-0.3, -0.25) is 4.79 Å². The largest absolute Gasteiger partial charge is 0.309 e. The van der Waals surface area contributed by atoms with Gasteiger partial charge in [0.25, 0.3) is 5.56 Å². The Morgan fingerprint density at radius 2 is 2.14 bits per heavy atom. The van der Waals surface area contributed by atoms with Crippen molar-refractivity contribution in [2.75, 3.05) is 0 Å². The molecule has 0 aliphatic heterocycles. The molecule has 1 heterocycles. The first kappa shape index (κ1) is 9.01. The molecule has 0 atom stereocenters. The molecule has 72 valence electrons. The highest BCUT2D eigenvalue weighted by Gasteiger charge is 2.27. The van der Waals surface area contributed by atoms with Crippen molar-refractivity contribution in [2.24, 2.45) is 0 Å². The first-order chi connectivity index (χ1) is 6.65. The van der Waals surface area contributed by atoms with Gasteiger partial charge in [-0.1, -0.05) is 0 Å². The minimum Gasteiger partial charge on any atom is -0.309 e. The van der Waals surface area contributed by atoms with Gasteiger partial charge in [0.05, 0.1) is 0 Å². The number of hydrogen-bond donors (Lipinski definition) is 0. The maximum Gasteiger partial charge on any atom is 0.269 e. The predicted molar refractivity (Wildman–Crippen MR) is 53.2 cm³/mol. The molecular formula is C11H12N2O. The highest BCUT2D eigenvalue weighted by atomic mass is 16.1. The molecule has 3 nitrogen and oxygen atoms in total. The Kier molecular flexibility index (Phi) is 1.92. The lowest BCUT2D eigenvalue weighted by Crippen LogP contribution is -2.24. The lowest BCUT2D eigenvalue weighted by atomic mass is 10.1. The van der Waals surface area contributed by atoms with E-state index in [1.165, 1.54) is 0 Å². The second-order valence-electron chi connectivity index (χ2n) is 3.86.